The van der Waals surface area contributed by atoms with Crippen LogP contribution in [0.4, 0.5) is 4.39 Å². The van der Waals surface area contributed by atoms with Gasteiger partial charge < -0.3 is 0 Å². The minimum absolute atomic E-state index is 0.631. The molecule has 0 aliphatic heterocycles. The van der Waals surface area contributed by atoms with E-state index in [0.29, 0.717) is 6.42 Å². The molecular formula is C22H30FN. The third-order valence-electron chi connectivity index (χ3n) is 5.37. The number of hydrogen-bond acceptors (Lipinski definition) is 1. The lowest BCUT2D eigenvalue weighted by Gasteiger charge is -2.28. The molecule has 1 aromatic carbocycles. The van der Waals surface area contributed by atoms with Crippen molar-refractivity contribution in [3.63, 3.8) is 0 Å². The van der Waals surface area contributed by atoms with E-state index in [2.05, 4.69) is 31.2 Å². The molecule has 0 radical (unpaired) electrons. The van der Waals surface area contributed by atoms with Gasteiger partial charge in [0.25, 0.3) is 0 Å². The van der Waals surface area contributed by atoms with Crippen LogP contribution >= 0.6 is 0 Å². The van der Waals surface area contributed by atoms with Gasteiger partial charge in [-0.25, -0.2) is 0 Å². The molecule has 2 rings (SSSR count). The number of benzene rings is 1. The zero-order valence-electron chi connectivity index (χ0n) is 14.9. The van der Waals surface area contributed by atoms with Crippen molar-refractivity contribution in [1.29, 1.82) is 5.26 Å². The zero-order chi connectivity index (χ0) is 17.2. The molecule has 1 nitrogen and oxygen atoms in total. The Kier molecular flexibility index (Phi) is 8.02. The second kappa shape index (κ2) is 10.3. The van der Waals surface area contributed by atoms with Gasteiger partial charge in [-0.05, 0) is 61.1 Å². The van der Waals surface area contributed by atoms with Gasteiger partial charge >= 0.3 is 0 Å². The molecule has 0 aromatic heterocycles. The summed E-state index contributed by atoms with van der Waals surface area (Å²) < 4.78 is 12.8. The molecule has 0 amide bonds. The van der Waals surface area contributed by atoms with E-state index < -0.39 is 5.83 Å². The Hall–Kier alpha value is -1.62. The number of allylic oxidation sites excluding steroid dienone is 2. The largest absolute Gasteiger partial charge is 0.196 e. The summed E-state index contributed by atoms with van der Waals surface area (Å²) in [6, 6.07) is 10.7. The van der Waals surface area contributed by atoms with Gasteiger partial charge in [-0.2, -0.15) is 9.65 Å². The van der Waals surface area contributed by atoms with Gasteiger partial charge in [0, 0.05) is 0 Å². The quantitative estimate of drug-likeness (QED) is 0.498. The standard InChI is InChI=1S/C22H30FN/c1-2-4-18-7-11-20(12-8-18)15-16-21-13-9-19(10-14-21)5-3-6-22(23)17-24/h6-8,11-12,19,21H,2-5,9-10,13-16H2,1H3/t19-,21-. The number of nitriles is 1. The van der Waals surface area contributed by atoms with E-state index in [4.69, 9.17) is 5.26 Å². The Morgan fingerprint density at radius 3 is 2.12 bits per heavy atom. The van der Waals surface area contributed by atoms with E-state index in [9.17, 15) is 4.39 Å². The molecule has 24 heavy (non-hydrogen) atoms. The number of halogens is 1. The smallest absolute Gasteiger partial charge is 0.195 e. The average molecular weight is 327 g/mol. The van der Waals surface area contributed by atoms with Gasteiger partial charge in [0.05, 0.1) is 0 Å². The molecular weight excluding hydrogens is 297 g/mol. The lowest BCUT2D eigenvalue weighted by molar-refractivity contribution is 0.254. The van der Waals surface area contributed by atoms with Crippen LogP contribution in [-0.2, 0) is 12.8 Å². The molecule has 0 spiro atoms. The highest BCUT2D eigenvalue weighted by molar-refractivity contribution is 5.22. The van der Waals surface area contributed by atoms with Gasteiger partial charge in [-0.3, -0.25) is 0 Å². The van der Waals surface area contributed by atoms with Gasteiger partial charge in [-0.15, -0.1) is 0 Å². The van der Waals surface area contributed by atoms with Crippen LogP contribution < -0.4 is 0 Å². The fraction of sp³-hybridized carbons (Fsp3) is 0.591. The molecule has 1 aliphatic carbocycles. The number of nitrogens with zero attached hydrogens (tertiary/aromatic N) is 1. The van der Waals surface area contributed by atoms with Crippen molar-refractivity contribution in [2.75, 3.05) is 0 Å². The summed E-state index contributed by atoms with van der Waals surface area (Å²) >= 11 is 0. The van der Waals surface area contributed by atoms with Crippen LogP contribution in [0.5, 0.6) is 0 Å². The number of aryl methyl sites for hydroxylation is 2. The van der Waals surface area contributed by atoms with E-state index in [1.54, 1.807) is 6.07 Å². The molecule has 1 saturated carbocycles. The van der Waals surface area contributed by atoms with E-state index in [-0.39, 0.29) is 0 Å². The highest BCUT2D eigenvalue weighted by Gasteiger charge is 2.20. The molecule has 1 aliphatic rings. The average Bonchev–Trinajstić information content (AvgIpc) is 2.62. The van der Waals surface area contributed by atoms with Crippen molar-refractivity contribution in [3.8, 4) is 6.07 Å². The van der Waals surface area contributed by atoms with Crippen molar-refractivity contribution < 1.29 is 4.39 Å². The monoisotopic (exact) mass is 327 g/mol. The second-order valence-electron chi connectivity index (χ2n) is 7.23. The first-order valence-corrected chi connectivity index (χ1v) is 9.54. The normalized spacial score (nSPS) is 21.5. The lowest BCUT2D eigenvalue weighted by atomic mass is 9.78. The predicted molar refractivity (Wildman–Crippen MR) is 98.2 cm³/mol. The molecule has 0 atom stereocenters. The van der Waals surface area contributed by atoms with E-state index in [0.717, 1.165) is 18.3 Å². The maximum Gasteiger partial charge on any atom is 0.196 e. The molecule has 130 valence electrons. The Morgan fingerprint density at radius 1 is 1.04 bits per heavy atom. The maximum atomic E-state index is 12.8. The predicted octanol–water partition coefficient (Wildman–Crippen LogP) is 6.54. The SMILES string of the molecule is CCCc1ccc(CC[C@H]2CC[C@H](CCC=C(F)C#N)CC2)cc1. The van der Waals surface area contributed by atoms with Crippen molar-refractivity contribution in [3.05, 3.63) is 47.3 Å². The summed E-state index contributed by atoms with van der Waals surface area (Å²) in [4.78, 5) is 0. The van der Waals surface area contributed by atoms with E-state index in [1.807, 2.05) is 0 Å². The maximum absolute atomic E-state index is 12.8. The molecule has 0 unspecified atom stereocenters. The molecule has 0 saturated heterocycles. The third-order valence-corrected chi connectivity index (χ3v) is 5.37. The Bertz CT molecular complexity index is 544. The van der Waals surface area contributed by atoms with E-state index in [1.165, 1.54) is 68.6 Å². The lowest BCUT2D eigenvalue weighted by Crippen LogP contribution is -2.15. The number of hydrogen-bond donors (Lipinski definition) is 0. The summed E-state index contributed by atoms with van der Waals surface area (Å²) in [7, 11) is 0. The van der Waals surface area contributed by atoms with Gasteiger partial charge in [-0.1, -0.05) is 63.3 Å². The summed E-state index contributed by atoms with van der Waals surface area (Å²) in [6.45, 7) is 2.22. The first kappa shape index (κ1) is 18.7. The van der Waals surface area contributed by atoms with Crippen molar-refractivity contribution in [2.45, 2.75) is 71.1 Å². The zero-order valence-corrected chi connectivity index (χ0v) is 14.9. The Morgan fingerprint density at radius 2 is 1.58 bits per heavy atom. The minimum Gasteiger partial charge on any atom is -0.195 e. The van der Waals surface area contributed by atoms with E-state index >= 15 is 0 Å². The highest BCUT2D eigenvalue weighted by atomic mass is 19.1. The van der Waals surface area contributed by atoms with Crippen LogP contribution in [0.1, 0.15) is 69.4 Å². The summed E-state index contributed by atoms with van der Waals surface area (Å²) in [5.74, 6) is 0.939. The van der Waals surface area contributed by atoms with Gasteiger partial charge in [0.15, 0.2) is 5.83 Å². The van der Waals surface area contributed by atoms with Gasteiger partial charge in [0.1, 0.15) is 6.07 Å². The molecule has 1 fully saturated rings. The van der Waals surface area contributed by atoms with Crippen molar-refractivity contribution in [2.24, 2.45) is 11.8 Å². The molecule has 0 bridgehead atoms. The number of rotatable bonds is 8. The van der Waals surface area contributed by atoms with Crippen LogP contribution in [0.15, 0.2) is 36.2 Å². The van der Waals surface area contributed by atoms with Crippen LogP contribution in [0.3, 0.4) is 0 Å². The Balaban J connectivity index is 1.65. The fourth-order valence-electron chi connectivity index (χ4n) is 3.83. The summed E-state index contributed by atoms with van der Waals surface area (Å²) in [5.41, 5.74) is 2.91. The van der Waals surface area contributed by atoms with Crippen molar-refractivity contribution in [1.82, 2.24) is 0 Å². The van der Waals surface area contributed by atoms with Gasteiger partial charge in [0.2, 0.25) is 0 Å². The fourth-order valence-corrected chi connectivity index (χ4v) is 3.83. The Labute approximate surface area is 146 Å². The topological polar surface area (TPSA) is 23.8 Å². The van der Waals surface area contributed by atoms with Crippen molar-refractivity contribution >= 4 is 0 Å². The molecule has 1 aromatic rings. The molecule has 0 N–H and O–H groups in total. The minimum atomic E-state index is -0.631. The first-order chi connectivity index (χ1) is 11.7. The van der Waals surface area contributed by atoms with Crippen LogP contribution in [0.2, 0.25) is 0 Å². The van der Waals surface area contributed by atoms with Crippen LogP contribution in [-0.4, -0.2) is 0 Å². The van der Waals surface area contributed by atoms with Crippen LogP contribution in [0.25, 0.3) is 0 Å². The molecule has 2 heteroatoms. The third kappa shape index (κ3) is 6.48. The van der Waals surface area contributed by atoms with Crippen LogP contribution in [0, 0.1) is 23.2 Å². The summed E-state index contributed by atoms with van der Waals surface area (Å²) in [6.07, 6.45) is 13.2. The molecule has 0 heterocycles. The second-order valence-corrected chi connectivity index (χ2v) is 7.23. The summed E-state index contributed by atoms with van der Waals surface area (Å²) in [5, 5.41) is 8.41. The highest BCUT2D eigenvalue weighted by Crippen LogP contribution is 2.34. The first-order valence-electron chi connectivity index (χ1n) is 9.54.